The first-order valence-electron chi connectivity index (χ1n) is 4.90. The molecule has 0 aliphatic rings. The van der Waals surface area contributed by atoms with Gasteiger partial charge in [0.1, 0.15) is 0 Å². The minimum absolute atomic E-state index is 0.0830. The predicted octanol–water partition coefficient (Wildman–Crippen LogP) is 0.593. The Morgan fingerprint density at radius 1 is 1.33 bits per heavy atom. The van der Waals surface area contributed by atoms with Crippen LogP contribution in [0, 0.1) is 13.8 Å². The largest absolute Gasteiger partial charge is 0.394 e. The van der Waals surface area contributed by atoms with E-state index in [0.29, 0.717) is 6.54 Å². The maximum atomic E-state index is 9.10. The van der Waals surface area contributed by atoms with E-state index < -0.39 is 5.54 Å². The number of hydrogen-bond donors (Lipinski definition) is 3. The Balaban J connectivity index is 2.60. The second kappa shape index (κ2) is 5.03. The number of thiazole rings is 1. The van der Waals surface area contributed by atoms with Gasteiger partial charge in [0, 0.05) is 11.4 Å². The van der Waals surface area contributed by atoms with E-state index in [0.717, 1.165) is 15.6 Å². The summed E-state index contributed by atoms with van der Waals surface area (Å²) in [5.41, 5.74) is 0.396. The number of nitrogens with zero attached hydrogens (tertiary/aromatic N) is 1. The summed E-state index contributed by atoms with van der Waals surface area (Å²) in [7, 11) is 0. The average molecular weight is 230 g/mol. The third-order valence-electron chi connectivity index (χ3n) is 2.37. The molecule has 1 rings (SSSR count). The number of nitrogens with one attached hydrogen (secondary N) is 1. The van der Waals surface area contributed by atoms with Crippen LogP contribution in [0.15, 0.2) is 0 Å². The van der Waals surface area contributed by atoms with Crippen LogP contribution in [0.1, 0.15) is 22.5 Å². The molecule has 5 heteroatoms. The highest BCUT2D eigenvalue weighted by molar-refractivity contribution is 7.11. The monoisotopic (exact) mass is 230 g/mol. The smallest absolute Gasteiger partial charge is 0.0900 e. The Morgan fingerprint density at radius 2 is 1.93 bits per heavy atom. The maximum Gasteiger partial charge on any atom is 0.0900 e. The highest BCUT2D eigenvalue weighted by Crippen LogP contribution is 2.17. The molecule has 1 heterocycles. The fourth-order valence-electron chi connectivity index (χ4n) is 1.19. The van der Waals surface area contributed by atoms with Crippen molar-refractivity contribution in [3.63, 3.8) is 0 Å². The first-order chi connectivity index (χ1) is 7.00. The lowest BCUT2D eigenvalue weighted by atomic mass is 10.1. The van der Waals surface area contributed by atoms with E-state index in [4.69, 9.17) is 10.2 Å². The maximum absolute atomic E-state index is 9.10. The van der Waals surface area contributed by atoms with Crippen molar-refractivity contribution in [3.05, 3.63) is 15.6 Å². The normalized spacial score (nSPS) is 12.1. The molecule has 0 unspecified atom stereocenters. The number of aromatic nitrogens is 1. The van der Waals surface area contributed by atoms with Crippen LogP contribution in [0.2, 0.25) is 0 Å². The summed E-state index contributed by atoms with van der Waals surface area (Å²) in [4.78, 5) is 5.47. The zero-order chi connectivity index (χ0) is 11.5. The molecule has 3 N–H and O–H groups in total. The Morgan fingerprint density at radius 3 is 2.33 bits per heavy atom. The molecule has 0 aromatic carbocycles. The summed E-state index contributed by atoms with van der Waals surface area (Å²) in [6, 6.07) is 0. The van der Waals surface area contributed by atoms with E-state index >= 15 is 0 Å². The summed E-state index contributed by atoms with van der Waals surface area (Å²) in [6.45, 7) is 6.19. The van der Waals surface area contributed by atoms with Crippen molar-refractivity contribution in [3.8, 4) is 0 Å². The van der Waals surface area contributed by atoms with Crippen LogP contribution in [0.3, 0.4) is 0 Å². The van der Waals surface area contributed by atoms with Crippen LogP contribution < -0.4 is 5.32 Å². The molecule has 0 radical (unpaired) electrons. The minimum Gasteiger partial charge on any atom is -0.394 e. The number of aryl methyl sites for hydroxylation is 2. The van der Waals surface area contributed by atoms with Crippen LogP contribution in [-0.2, 0) is 6.54 Å². The van der Waals surface area contributed by atoms with Gasteiger partial charge in [-0.2, -0.15) is 0 Å². The first-order valence-corrected chi connectivity index (χ1v) is 5.72. The third kappa shape index (κ3) is 3.24. The van der Waals surface area contributed by atoms with E-state index in [2.05, 4.69) is 10.3 Å². The Kier molecular flexibility index (Phi) is 4.21. The van der Waals surface area contributed by atoms with Gasteiger partial charge in [-0.1, -0.05) is 0 Å². The van der Waals surface area contributed by atoms with E-state index in [1.807, 2.05) is 13.8 Å². The van der Waals surface area contributed by atoms with Crippen molar-refractivity contribution < 1.29 is 10.2 Å². The molecule has 0 saturated heterocycles. The lowest BCUT2D eigenvalue weighted by Gasteiger charge is -2.25. The van der Waals surface area contributed by atoms with E-state index in [-0.39, 0.29) is 13.2 Å². The molecule has 0 saturated carbocycles. The number of rotatable bonds is 5. The minimum atomic E-state index is -0.621. The molecule has 0 aliphatic carbocycles. The van der Waals surface area contributed by atoms with Crippen molar-refractivity contribution >= 4 is 11.3 Å². The molecule has 0 spiro atoms. The van der Waals surface area contributed by atoms with Gasteiger partial charge in [-0.3, -0.25) is 0 Å². The van der Waals surface area contributed by atoms with Gasteiger partial charge in [0.2, 0.25) is 0 Å². The molecule has 86 valence electrons. The highest BCUT2D eigenvalue weighted by atomic mass is 32.1. The van der Waals surface area contributed by atoms with Crippen molar-refractivity contribution in [1.29, 1.82) is 0 Å². The zero-order valence-corrected chi connectivity index (χ0v) is 10.2. The Bertz CT molecular complexity index is 321. The molecule has 1 aromatic heterocycles. The average Bonchev–Trinajstić information content (AvgIpc) is 2.54. The summed E-state index contributed by atoms with van der Waals surface area (Å²) in [5.74, 6) is 0. The molecule has 1 aromatic rings. The van der Waals surface area contributed by atoms with Gasteiger partial charge < -0.3 is 15.5 Å². The summed E-state index contributed by atoms with van der Waals surface area (Å²) < 4.78 is 0. The quantitative estimate of drug-likeness (QED) is 0.693. The lowest BCUT2D eigenvalue weighted by Crippen LogP contribution is -2.48. The Hall–Kier alpha value is -0.490. The van der Waals surface area contributed by atoms with E-state index in [9.17, 15) is 0 Å². The number of aliphatic hydroxyl groups is 2. The fraction of sp³-hybridized carbons (Fsp3) is 0.700. The Labute approximate surface area is 94.0 Å². The van der Waals surface area contributed by atoms with Crippen LogP contribution >= 0.6 is 11.3 Å². The molecule has 15 heavy (non-hydrogen) atoms. The number of aliphatic hydroxyl groups excluding tert-OH is 2. The number of hydrogen-bond acceptors (Lipinski definition) is 5. The van der Waals surface area contributed by atoms with Crippen LogP contribution in [-0.4, -0.2) is 33.9 Å². The van der Waals surface area contributed by atoms with Gasteiger partial charge in [0.05, 0.1) is 29.5 Å². The zero-order valence-electron chi connectivity index (χ0n) is 9.37. The standard InChI is InChI=1S/C10H18N2O2S/c1-7-9(15-8(2)12-7)4-11-10(3,5-13)6-14/h11,13-14H,4-6H2,1-3H3. The second-order valence-electron chi connectivity index (χ2n) is 3.97. The molecule has 0 aliphatic heterocycles. The van der Waals surface area contributed by atoms with Gasteiger partial charge in [-0.05, 0) is 20.8 Å². The van der Waals surface area contributed by atoms with Crippen molar-refractivity contribution in [1.82, 2.24) is 10.3 Å². The molecular weight excluding hydrogens is 212 g/mol. The van der Waals surface area contributed by atoms with Crippen LogP contribution in [0.25, 0.3) is 0 Å². The van der Waals surface area contributed by atoms with Gasteiger partial charge in [-0.15, -0.1) is 11.3 Å². The van der Waals surface area contributed by atoms with Crippen molar-refractivity contribution in [2.75, 3.05) is 13.2 Å². The lowest BCUT2D eigenvalue weighted by molar-refractivity contribution is 0.103. The molecule has 4 nitrogen and oxygen atoms in total. The van der Waals surface area contributed by atoms with Gasteiger partial charge in [0.15, 0.2) is 0 Å². The third-order valence-corrected chi connectivity index (χ3v) is 3.45. The molecule has 0 atom stereocenters. The van der Waals surface area contributed by atoms with Crippen LogP contribution in [0.4, 0.5) is 0 Å². The van der Waals surface area contributed by atoms with Gasteiger partial charge in [0.25, 0.3) is 0 Å². The summed E-state index contributed by atoms with van der Waals surface area (Å²) in [6.07, 6.45) is 0. The highest BCUT2D eigenvalue weighted by Gasteiger charge is 2.21. The SMILES string of the molecule is Cc1nc(C)c(CNC(C)(CO)CO)s1. The van der Waals surface area contributed by atoms with Crippen molar-refractivity contribution in [2.24, 2.45) is 0 Å². The fourth-order valence-corrected chi connectivity index (χ4v) is 2.07. The van der Waals surface area contributed by atoms with E-state index in [1.165, 1.54) is 0 Å². The summed E-state index contributed by atoms with van der Waals surface area (Å²) in [5, 5.41) is 22.4. The van der Waals surface area contributed by atoms with Gasteiger partial charge >= 0.3 is 0 Å². The van der Waals surface area contributed by atoms with Crippen molar-refractivity contribution in [2.45, 2.75) is 32.9 Å². The first kappa shape index (κ1) is 12.6. The molecule has 0 bridgehead atoms. The summed E-state index contributed by atoms with van der Waals surface area (Å²) >= 11 is 1.64. The van der Waals surface area contributed by atoms with Crippen LogP contribution in [0.5, 0.6) is 0 Å². The predicted molar refractivity (Wildman–Crippen MR) is 61.0 cm³/mol. The molecule has 0 amide bonds. The topological polar surface area (TPSA) is 65.4 Å². The second-order valence-corrected chi connectivity index (χ2v) is 5.26. The molecular formula is C10H18N2O2S. The van der Waals surface area contributed by atoms with E-state index in [1.54, 1.807) is 18.3 Å². The molecule has 0 fully saturated rings. The van der Waals surface area contributed by atoms with Gasteiger partial charge in [-0.25, -0.2) is 4.98 Å².